The summed E-state index contributed by atoms with van der Waals surface area (Å²) in [5.74, 6) is -0.592. The third kappa shape index (κ3) is 3.43. The molecule has 2 nitrogen and oxygen atoms in total. The van der Waals surface area contributed by atoms with Crippen LogP contribution in [-0.4, -0.2) is 12.1 Å². The van der Waals surface area contributed by atoms with E-state index < -0.39 is 11.0 Å². The van der Waals surface area contributed by atoms with Crippen LogP contribution in [0.15, 0.2) is 48.5 Å². The van der Waals surface area contributed by atoms with Crippen LogP contribution in [-0.2, 0) is 5.41 Å². The van der Waals surface area contributed by atoms with Crippen molar-refractivity contribution < 1.29 is 8.78 Å². The van der Waals surface area contributed by atoms with Crippen molar-refractivity contribution >= 4 is 0 Å². The zero-order valence-electron chi connectivity index (χ0n) is 13.7. The molecular formula is C19H24F2N2. The Bertz CT molecular complexity index is 582. The second-order valence-corrected chi connectivity index (χ2v) is 6.53. The SMILES string of the molecule is CC(C)(N)C(CCCN)(c1ccc(F)cc1)c1ccc(F)cc1. The smallest absolute Gasteiger partial charge is 0.123 e. The van der Waals surface area contributed by atoms with Crippen molar-refractivity contribution in [2.45, 2.75) is 37.6 Å². The molecule has 4 N–H and O–H groups in total. The summed E-state index contributed by atoms with van der Waals surface area (Å²) in [6, 6.07) is 12.7. The molecule has 0 aliphatic rings. The Labute approximate surface area is 136 Å². The largest absolute Gasteiger partial charge is 0.330 e. The van der Waals surface area contributed by atoms with E-state index in [1.54, 1.807) is 24.3 Å². The topological polar surface area (TPSA) is 52.0 Å². The number of hydrogen-bond acceptors (Lipinski definition) is 2. The number of nitrogens with two attached hydrogens (primary N) is 2. The maximum atomic E-state index is 13.4. The van der Waals surface area contributed by atoms with E-state index >= 15 is 0 Å². The van der Waals surface area contributed by atoms with Gasteiger partial charge in [-0.05, 0) is 68.6 Å². The highest BCUT2D eigenvalue weighted by atomic mass is 19.1. The molecule has 0 aromatic heterocycles. The summed E-state index contributed by atoms with van der Waals surface area (Å²) in [6.07, 6.45) is 1.46. The highest BCUT2D eigenvalue weighted by molar-refractivity contribution is 5.43. The second-order valence-electron chi connectivity index (χ2n) is 6.53. The molecule has 0 atom stereocenters. The van der Waals surface area contributed by atoms with Crippen LogP contribution in [0.3, 0.4) is 0 Å². The Morgan fingerprint density at radius 3 is 1.52 bits per heavy atom. The molecule has 0 spiro atoms. The lowest BCUT2D eigenvalue weighted by molar-refractivity contribution is 0.283. The predicted molar refractivity (Wildman–Crippen MR) is 90.1 cm³/mol. The lowest BCUT2D eigenvalue weighted by atomic mass is 9.60. The molecule has 0 amide bonds. The van der Waals surface area contributed by atoms with Crippen LogP contribution in [0.2, 0.25) is 0 Å². The summed E-state index contributed by atoms with van der Waals surface area (Å²) >= 11 is 0. The molecule has 0 heterocycles. The molecule has 2 aromatic carbocycles. The Kier molecular flexibility index (Phi) is 5.17. The Hall–Kier alpha value is -1.78. The highest BCUT2D eigenvalue weighted by Gasteiger charge is 2.44. The third-order valence-corrected chi connectivity index (χ3v) is 4.53. The van der Waals surface area contributed by atoms with Gasteiger partial charge in [-0.3, -0.25) is 0 Å². The van der Waals surface area contributed by atoms with E-state index in [4.69, 9.17) is 11.5 Å². The monoisotopic (exact) mass is 318 g/mol. The summed E-state index contributed by atoms with van der Waals surface area (Å²) < 4.78 is 26.8. The third-order valence-electron chi connectivity index (χ3n) is 4.53. The summed E-state index contributed by atoms with van der Waals surface area (Å²) in [5, 5.41) is 0. The Morgan fingerprint density at radius 2 is 1.22 bits per heavy atom. The fourth-order valence-corrected chi connectivity index (χ4v) is 3.36. The maximum Gasteiger partial charge on any atom is 0.123 e. The number of halogens is 2. The molecule has 0 bridgehead atoms. The first-order valence-electron chi connectivity index (χ1n) is 7.82. The summed E-state index contributed by atoms with van der Waals surface area (Å²) in [6.45, 7) is 4.41. The van der Waals surface area contributed by atoms with Gasteiger partial charge in [-0.1, -0.05) is 24.3 Å². The van der Waals surface area contributed by atoms with Gasteiger partial charge in [0.25, 0.3) is 0 Å². The van der Waals surface area contributed by atoms with Crippen molar-refractivity contribution in [3.8, 4) is 0 Å². The molecule has 0 fully saturated rings. The number of hydrogen-bond donors (Lipinski definition) is 2. The second kappa shape index (κ2) is 6.77. The van der Waals surface area contributed by atoms with E-state index in [-0.39, 0.29) is 11.6 Å². The zero-order chi connectivity index (χ0) is 17.1. The van der Waals surface area contributed by atoms with Gasteiger partial charge in [-0.25, -0.2) is 8.78 Å². The van der Waals surface area contributed by atoms with E-state index in [0.29, 0.717) is 13.0 Å². The van der Waals surface area contributed by atoms with Crippen LogP contribution >= 0.6 is 0 Å². The molecule has 4 heteroatoms. The van der Waals surface area contributed by atoms with E-state index in [0.717, 1.165) is 17.5 Å². The first-order valence-corrected chi connectivity index (χ1v) is 7.82. The van der Waals surface area contributed by atoms with Gasteiger partial charge in [-0.15, -0.1) is 0 Å². The molecule has 0 radical (unpaired) electrons. The van der Waals surface area contributed by atoms with Gasteiger partial charge in [0.2, 0.25) is 0 Å². The van der Waals surface area contributed by atoms with E-state index in [2.05, 4.69) is 0 Å². The minimum atomic E-state index is -0.641. The highest BCUT2D eigenvalue weighted by Crippen LogP contribution is 2.44. The van der Waals surface area contributed by atoms with Crippen molar-refractivity contribution in [2.75, 3.05) is 6.54 Å². The average molecular weight is 318 g/mol. The van der Waals surface area contributed by atoms with Crippen molar-refractivity contribution in [1.82, 2.24) is 0 Å². The van der Waals surface area contributed by atoms with Crippen LogP contribution < -0.4 is 11.5 Å². The van der Waals surface area contributed by atoms with Gasteiger partial charge in [-0.2, -0.15) is 0 Å². The molecule has 0 saturated heterocycles. The van der Waals surface area contributed by atoms with Crippen molar-refractivity contribution in [2.24, 2.45) is 11.5 Å². The normalized spacial score (nSPS) is 12.4. The first-order chi connectivity index (χ1) is 10.8. The van der Waals surface area contributed by atoms with E-state index in [1.165, 1.54) is 24.3 Å². The van der Waals surface area contributed by atoms with Crippen LogP contribution in [0.25, 0.3) is 0 Å². The fourth-order valence-electron chi connectivity index (χ4n) is 3.36. The summed E-state index contributed by atoms with van der Waals surface area (Å²) in [5.41, 5.74) is 12.9. The summed E-state index contributed by atoms with van der Waals surface area (Å²) in [7, 11) is 0. The summed E-state index contributed by atoms with van der Waals surface area (Å²) in [4.78, 5) is 0. The fraction of sp³-hybridized carbons (Fsp3) is 0.368. The van der Waals surface area contributed by atoms with Crippen molar-refractivity contribution in [3.63, 3.8) is 0 Å². The molecule has 0 unspecified atom stereocenters. The number of benzene rings is 2. The lowest BCUT2D eigenvalue weighted by Crippen LogP contribution is -2.55. The van der Waals surface area contributed by atoms with Gasteiger partial charge in [0.05, 0.1) is 0 Å². The van der Waals surface area contributed by atoms with E-state index in [9.17, 15) is 8.78 Å². The molecular weight excluding hydrogens is 294 g/mol. The van der Waals surface area contributed by atoms with Crippen LogP contribution in [0.5, 0.6) is 0 Å². The Balaban J connectivity index is 2.68. The zero-order valence-corrected chi connectivity index (χ0v) is 13.7. The van der Waals surface area contributed by atoms with Gasteiger partial charge >= 0.3 is 0 Å². The molecule has 2 rings (SSSR count). The molecule has 0 aliphatic carbocycles. The lowest BCUT2D eigenvalue weighted by Gasteiger charge is -2.46. The van der Waals surface area contributed by atoms with Crippen LogP contribution in [0.4, 0.5) is 8.78 Å². The predicted octanol–water partition coefficient (Wildman–Crippen LogP) is 3.73. The molecule has 0 saturated carbocycles. The molecule has 0 aliphatic heterocycles. The van der Waals surface area contributed by atoms with Gasteiger partial charge in [0.15, 0.2) is 0 Å². The maximum absolute atomic E-state index is 13.4. The first kappa shape index (κ1) is 17.6. The van der Waals surface area contributed by atoms with E-state index in [1.807, 2.05) is 13.8 Å². The number of rotatable bonds is 6. The molecule has 23 heavy (non-hydrogen) atoms. The van der Waals surface area contributed by atoms with Gasteiger partial charge < -0.3 is 11.5 Å². The molecule has 124 valence electrons. The minimum absolute atomic E-state index is 0.296. The van der Waals surface area contributed by atoms with Crippen LogP contribution in [0.1, 0.15) is 37.8 Å². The van der Waals surface area contributed by atoms with Gasteiger partial charge in [0.1, 0.15) is 11.6 Å². The Morgan fingerprint density at radius 1 is 0.826 bits per heavy atom. The quantitative estimate of drug-likeness (QED) is 0.853. The minimum Gasteiger partial charge on any atom is -0.330 e. The molecule has 2 aromatic rings. The average Bonchev–Trinajstić information content (AvgIpc) is 2.50. The van der Waals surface area contributed by atoms with Crippen molar-refractivity contribution in [3.05, 3.63) is 71.3 Å². The van der Waals surface area contributed by atoms with Gasteiger partial charge in [0, 0.05) is 11.0 Å². The van der Waals surface area contributed by atoms with Crippen molar-refractivity contribution in [1.29, 1.82) is 0 Å². The standard InChI is InChI=1S/C19H24F2N2/c1-18(2,23)19(12-3-13-22,14-4-8-16(20)9-5-14)15-6-10-17(21)11-7-15/h4-11H,3,12-13,22-23H2,1-2H3. The van der Waals surface area contributed by atoms with Crippen LogP contribution in [0, 0.1) is 11.6 Å².